The minimum absolute atomic E-state index is 0.0160. The SMILES string of the molecule is COc1ccc(Cn2ncc3cc(C(=O)N(C)C4CCNC4)cnc32)c(OC)c1. The van der Waals surface area contributed by atoms with Crippen LogP contribution in [0.25, 0.3) is 11.0 Å². The molecule has 3 heterocycles. The molecule has 4 rings (SSSR count). The Hall–Kier alpha value is -3.13. The number of hydrogen-bond acceptors (Lipinski definition) is 6. The van der Waals surface area contributed by atoms with Gasteiger partial charge in [-0.15, -0.1) is 0 Å². The lowest BCUT2D eigenvalue weighted by atomic mass is 10.1. The molecule has 1 aliphatic rings. The quantitative estimate of drug-likeness (QED) is 0.687. The molecule has 1 aliphatic heterocycles. The summed E-state index contributed by atoms with van der Waals surface area (Å²) < 4.78 is 12.5. The predicted octanol–water partition coefficient (Wildman–Crippen LogP) is 1.93. The van der Waals surface area contributed by atoms with Gasteiger partial charge in [0.1, 0.15) is 11.5 Å². The molecule has 0 aliphatic carbocycles. The Morgan fingerprint density at radius 2 is 2.14 bits per heavy atom. The molecular weight excluding hydrogens is 370 g/mol. The van der Waals surface area contributed by atoms with E-state index in [0.717, 1.165) is 47.6 Å². The summed E-state index contributed by atoms with van der Waals surface area (Å²) in [5.74, 6) is 1.45. The van der Waals surface area contributed by atoms with Crippen molar-refractivity contribution in [3.05, 3.63) is 47.8 Å². The van der Waals surface area contributed by atoms with Crippen molar-refractivity contribution in [1.82, 2.24) is 25.0 Å². The van der Waals surface area contributed by atoms with Gasteiger partial charge in [-0.2, -0.15) is 5.10 Å². The van der Waals surface area contributed by atoms with Gasteiger partial charge < -0.3 is 19.7 Å². The maximum Gasteiger partial charge on any atom is 0.255 e. The molecule has 3 aromatic rings. The molecule has 29 heavy (non-hydrogen) atoms. The van der Waals surface area contributed by atoms with E-state index in [9.17, 15) is 4.79 Å². The lowest BCUT2D eigenvalue weighted by Crippen LogP contribution is -2.38. The maximum absolute atomic E-state index is 12.8. The van der Waals surface area contributed by atoms with Gasteiger partial charge in [0.15, 0.2) is 5.65 Å². The summed E-state index contributed by atoms with van der Waals surface area (Å²) in [6.45, 7) is 2.28. The third kappa shape index (κ3) is 3.75. The number of nitrogens with zero attached hydrogens (tertiary/aromatic N) is 4. The lowest BCUT2D eigenvalue weighted by Gasteiger charge is -2.23. The van der Waals surface area contributed by atoms with E-state index in [1.54, 1.807) is 36.2 Å². The molecule has 0 spiro atoms. The first-order valence-electron chi connectivity index (χ1n) is 9.61. The summed E-state index contributed by atoms with van der Waals surface area (Å²) >= 11 is 0. The van der Waals surface area contributed by atoms with Crippen molar-refractivity contribution in [2.75, 3.05) is 34.4 Å². The van der Waals surface area contributed by atoms with Gasteiger partial charge in [-0.05, 0) is 31.2 Å². The summed E-state index contributed by atoms with van der Waals surface area (Å²) in [6.07, 6.45) is 4.35. The van der Waals surface area contributed by atoms with E-state index >= 15 is 0 Å². The number of hydrogen-bond donors (Lipinski definition) is 1. The van der Waals surface area contributed by atoms with Crippen LogP contribution in [0.1, 0.15) is 22.3 Å². The molecular formula is C21H25N5O3. The lowest BCUT2D eigenvalue weighted by molar-refractivity contribution is 0.0743. The van der Waals surface area contributed by atoms with Crippen LogP contribution in [0.3, 0.4) is 0 Å². The van der Waals surface area contributed by atoms with E-state index in [1.807, 2.05) is 31.3 Å². The number of rotatable bonds is 6. The highest BCUT2D eigenvalue weighted by Crippen LogP contribution is 2.26. The zero-order valence-corrected chi connectivity index (χ0v) is 16.9. The zero-order valence-electron chi connectivity index (χ0n) is 16.9. The average Bonchev–Trinajstić information content (AvgIpc) is 3.43. The molecule has 1 unspecified atom stereocenters. The Morgan fingerprint density at radius 1 is 1.28 bits per heavy atom. The van der Waals surface area contributed by atoms with Crippen molar-refractivity contribution in [3.8, 4) is 11.5 Å². The van der Waals surface area contributed by atoms with Crippen LogP contribution in [0.5, 0.6) is 11.5 Å². The normalized spacial score (nSPS) is 16.2. The number of carbonyl (C=O) groups is 1. The van der Waals surface area contributed by atoms with Crippen LogP contribution in [0, 0.1) is 0 Å². The first-order valence-corrected chi connectivity index (χ1v) is 9.61. The van der Waals surface area contributed by atoms with Crippen LogP contribution in [-0.2, 0) is 6.54 Å². The van der Waals surface area contributed by atoms with E-state index in [2.05, 4.69) is 15.4 Å². The number of likely N-dealkylation sites (N-methyl/N-ethyl adjacent to an activating group) is 1. The van der Waals surface area contributed by atoms with Crippen LogP contribution in [0.2, 0.25) is 0 Å². The molecule has 1 saturated heterocycles. The first-order chi connectivity index (χ1) is 14.1. The molecule has 0 bridgehead atoms. The van der Waals surface area contributed by atoms with Crippen molar-refractivity contribution in [2.45, 2.75) is 19.0 Å². The van der Waals surface area contributed by atoms with Crippen molar-refractivity contribution in [3.63, 3.8) is 0 Å². The second-order valence-electron chi connectivity index (χ2n) is 7.18. The van der Waals surface area contributed by atoms with Crippen molar-refractivity contribution in [1.29, 1.82) is 0 Å². The Bertz CT molecular complexity index is 1030. The minimum atomic E-state index is -0.0160. The summed E-state index contributed by atoms with van der Waals surface area (Å²) in [4.78, 5) is 19.1. The molecule has 152 valence electrons. The van der Waals surface area contributed by atoms with Crippen LogP contribution >= 0.6 is 0 Å². The van der Waals surface area contributed by atoms with E-state index in [0.29, 0.717) is 12.1 Å². The van der Waals surface area contributed by atoms with Crippen molar-refractivity contribution < 1.29 is 14.3 Å². The van der Waals surface area contributed by atoms with Gasteiger partial charge >= 0.3 is 0 Å². The third-order valence-corrected chi connectivity index (χ3v) is 5.44. The van der Waals surface area contributed by atoms with Crippen molar-refractivity contribution >= 4 is 16.9 Å². The molecule has 8 nitrogen and oxygen atoms in total. The molecule has 0 saturated carbocycles. The largest absolute Gasteiger partial charge is 0.497 e. The van der Waals surface area contributed by atoms with Crippen LogP contribution in [0.4, 0.5) is 0 Å². The average molecular weight is 395 g/mol. The van der Waals surface area contributed by atoms with Crippen LogP contribution < -0.4 is 14.8 Å². The number of nitrogens with one attached hydrogen (secondary N) is 1. The highest BCUT2D eigenvalue weighted by atomic mass is 16.5. The Labute approximate surface area is 169 Å². The number of aromatic nitrogens is 3. The molecule has 2 aromatic heterocycles. The van der Waals surface area contributed by atoms with E-state index < -0.39 is 0 Å². The fourth-order valence-electron chi connectivity index (χ4n) is 3.69. The number of ether oxygens (including phenoxy) is 2. The number of carbonyl (C=O) groups excluding carboxylic acids is 1. The van der Waals surface area contributed by atoms with Crippen LogP contribution in [-0.4, -0.2) is 66.0 Å². The van der Waals surface area contributed by atoms with Crippen LogP contribution in [0.15, 0.2) is 36.7 Å². The maximum atomic E-state index is 12.8. The zero-order chi connectivity index (χ0) is 20.4. The van der Waals surface area contributed by atoms with Gasteiger partial charge in [0.25, 0.3) is 5.91 Å². The van der Waals surface area contributed by atoms with Crippen molar-refractivity contribution in [2.24, 2.45) is 0 Å². The summed E-state index contributed by atoms with van der Waals surface area (Å²) in [5, 5.41) is 8.59. The van der Waals surface area contributed by atoms with Gasteiger partial charge in [0, 0.05) is 42.8 Å². The van der Waals surface area contributed by atoms with E-state index in [1.165, 1.54) is 0 Å². The number of methoxy groups -OCH3 is 2. The number of pyridine rings is 1. The third-order valence-electron chi connectivity index (χ3n) is 5.44. The van der Waals surface area contributed by atoms with Gasteiger partial charge in [0.05, 0.1) is 32.5 Å². The highest BCUT2D eigenvalue weighted by Gasteiger charge is 2.24. The van der Waals surface area contributed by atoms with Gasteiger partial charge in [-0.1, -0.05) is 0 Å². The molecule has 1 amide bonds. The smallest absolute Gasteiger partial charge is 0.255 e. The second-order valence-corrected chi connectivity index (χ2v) is 7.18. The molecule has 0 radical (unpaired) electrons. The fraction of sp³-hybridized carbons (Fsp3) is 0.381. The van der Waals surface area contributed by atoms with Gasteiger partial charge in [0.2, 0.25) is 0 Å². The summed E-state index contributed by atoms with van der Waals surface area (Å²) in [7, 11) is 5.11. The molecule has 1 fully saturated rings. The molecule has 1 N–H and O–H groups in total. The van der Waals surface area contributed by atoms with E-state index in [4.69, 9.17) is 9.47 Å². The Morgan fingerprint density at radius 3 is 2.86 bits per heavy atom. The van der Waals surface area contributed by atoms with Gasteiger partial charge in [-0.25, -0.2) is 9.67 Å². The Kier molecular flexibility index (Phi) is 5.35. The second kappa shape index (κ2) is 8.08. The fourth-order valence-corrected chi connectivity index (χ4v) is 3.69. The molecule has 1 aromatic carbocycles. The predicted molar refractivity (Wildman–Crippen MR) is 110 cm³/mol. The summed E-state index contributed by atoms with van der Waals surface area (Å²) in [6, 6.07) is 7.77. The number of fused-ring (bicyclic) bond motifs is 1. The van der Waals surface area contributed by atoms with E-state index in [-0.39, 0.29) is 11.9 Å². The molecule has 1 atom stereocenters. The van der Waals surface area contributed by atoms with Gasteiger partial charge in [-0.3, -0.25) is 4.79 Å². The topological polar surface area (TPSA) is 81.5 Å². The first kappa shape index (κ1) is 19.2. The monoisotopic (exact) mass is 395 g/mol. The number of benzene rings is 1. The highest BCUT2D eigenvalue weighted by molar-refractivity contribution is 5.96. The number of amides is 1. The standard InChI is InChI=1S/C21H25N5O3/c1-25(17-6-7-22-12-17)21(27)16-8-15-11-24-26(20(15)23-10-16)13-14-4-5-18(28-2)9-19(14)29-3/h4-5,8-11,17,22H,6-7,12-13H2,1-3H3. The summed E-state index contributed by atoms with van der Waals surface area (Å²) in [5.41, 5.74) is 2.27. The Balaban J connectivity index is 1.58. The minimum Gasteiger partial charge on any atom is -0.497 e. The molecule has 8 heteroatoms.